The SMILES string of the molecule is CC(C)Cn1ccc([C@H](N)CO)n1. The Balaban J connectivity index is 2.63. The lowest BCUT2D eigenvalue weighted by Crippen LogP contribution is -2.16. The van der Waals surface area contributed by atoms with Crippen LogP contribution >= 0.6 is 0 Å². The molecule has 74 valence electrons. The van der Waals surface area contributed by atoms with Gasteiger partial charge >= 0.3 is 0 Å². The summed E-state index contributed by atoms with van der Waals surface area (Å²) in [7, 11) is 0. The van der Waals surface area contributed by atoms with E-state index in [9.17, 15) is 0 Å². The van der Waals surface area contributed by atoms with Crippen LogP contribution in [0.1, 0.15) is 25.6 Å². The molecule has 4 heteroatoms. The molecule has 3 N–H and O–H groups in total. The van der Waals surface area contributed by atoms with Crippen LogP contribution in [0.2, 0.25) is 0 Å². The lowest BCUT2D eigenvalue weighted by Gasteiger charge is -2.05. The summed E-state index contributed by atoms with van der Waals surface area (Å²) in [6, 6.07) is 1.50. The molecule has 1 rings (SSSR count). The van der Waals surface area contributed by atoms with Crippen LogP contribution in [0.25, 0.3) is 0 Å². The highest BCUT2D eigenvalue weighted by Gasteiger charge is 2.07. The van der Waals surface area contributed by atoms with E-state index in [0.717, 1.165) is 12.2 Å². The fraction of sp³-hybridized carbons (Fsp3) is 0.667. The van der Waals surface area contributed by atoms with E-state index >= 15 is 0 Å². The molecule has 0 aromatic carbocycles. The highest BCUT2D eigenvalue weighted by molar-refractivity contribution is 5.04. The summed E-state index contributed by atoms with van der Waals surface area (Å²) in [5.41, 5.74) is 6.37. The van der Waals surface area contributed by atoms with Crippen molar-refractivity contribution in [2.45, 2.75) is 26.4 Å². The van der Waals surface area contributed by atoms with E-state index in [1.807, 2.05) is 16.9 Å². The molecule has 0 aliphatic carbocycles. The maximum Gasteiger partial charge on any atom is 0.0815 e. The predicted molar refractivity (Wildman–Crippen MR) is 51.1 cm³/mol. The highest BCUT2D eigenvalue weighted by atomic mass is 16.3. The Hall–Kier alpha value is -0.870. The van der Waals surface area contributed by atoms with Crippen molar-refractivity contribution >= 4 is 0 Å². The van der Waals surface area contributed by atoms with Gasteiger partial charge in [0.05, 0.1) is 18.3 Å². The lowest BCUT2D eigenvalue weighted by atomic mass is 10.2. The summed E-state index contributed by atoms with van der Waals surface area (Å²) in [4.78, 5) is 0. The van der Waals surface area contributed by atoms with Crippen molar-refractivity contribution in [3.63, 3.8) is 0 Å². The van der Waals surface area contributed by atoms with Crippen LogP contribution in [0.4, 0.5) is 0 Å². The van der Waals surface area contributed by atoms with Crippen LogP contribution in [0.5, 0.6) is 0 Å². The van der Waals surface area contributed by atoms with Gasteiger partial charge in [0.1, 0.15) is 0 Å². The summed E-state index contributed by atoms with van der Waals surface area (Å²) in [6.45, 7) is 5.09. The number of aliphatic hydroxyl groups excluding tert-OH is 1. The van der Waals surface area contributed by atoms with Crippen LogP contribution in [-0.4, -0.2) is 21.5 Å². The van der Waals surface area contributed by atoms with Gasteiger partial charge in [-0.05, 0) is 12.0 Å². The summed E-state index contributed by atoms with van der Waals surface area (Å²) in [5.74, 6) is 0.568. The molecule has 1 atom stereocenters. The van der Waals surface area contributed by atoms with E-state index in [0.29, 0.717) is 5.92 Å². The first-order chi connectivity index (χ1) is 6.13. The van der Waals surface area contributed by atoms with Gasteiger partial charge < -0.3 is 10.8 Å². The number of nitrogens with zero attached hydrogens (tertiary/aromatic N) is 2. The standard InChI is InChI=1S/C9H17N3O/c1-7(2)5-12-4-3-9(11-12)8(10)6-13/h3-4,7-8,13H,5-6,10H2,1-2H3/t8-/m1/s1. The smallest absolute Gasteiger partial charge is 0.0815 e. The summed E-state index contributed by atoms with van der Waals surface area (Å²) >= 11 is 0. The van der Waals surface area contributed by atoms with Crippen molar-refractivity contribution in [1.82, 2.24) is 9.78 Å². The third-order valence-electron chi connectivity index (χ3n) is 1.79. The Labute approximate surface area is 78.4 Å². The van der Waals surface area contributed by atoms with Crippen molar-refractivity contribution in [2.75, 3.05) is 6.61 Å². The second-order valence-corrected chi connectivity index (χ2v) is 3.65. The molecule has 1 aromatic heterocycles. The van der Waals surface area contributed by atoms with Gasteiger partial charge in [-0.15, -0.1) is 0 Å². The van der Waals surface area contributed by atoms with Gasteiger partial charge in [-0.2, -0.15) is 5.10 Å². The van der Waals surface area contributed by atoms with Gasteiger partial charge in [-0.25, -0.2) is 0 Å². The van der Waals surface area contributed by atoms with E-state index in [-0.39, 0.29) is 12.6 Å². The number of nitrogens with two attached hydrogens (primary N) is 1. The van der Waals surface area contributed by atoms with Crippen molar-refractivity contribution < 1.29 is 5.11 Å². The summed E-state index contributed by atoms with van der Waals surface area (Å²) in [6.07, 6.45) is 1.89. The molecule has 0 amide bonds. The Kier molecular flexibility index (Phi) is 3.45. The van der Waals surface area contributed by atoms with Crippen molar-refractivity contribution in [3.8, 4) is 0 Å². The van der Waals surface area contributed by atoms with Crippen molar-refractivity contribution in [3.05, 3.63) is 18.0 Å². The molecule has 0 unspecified atom stereocenters. The second kappa shape index (κ2) is 4.39. The summed E-state index contributed by atoms with van der Waals surface area (Å²) < 4.78 is 1.86. The van der Waals surface area contributed by atoms with Crippen LogP contribution in [0.3, 0.4) is 0 Å². The van der Waals surface area contributed by atoms with Gasteiger partial charge in [-0.1, -0.05) is 13.8 Å². The zero-order chi connectivity index (χ0) is 9.84. The molecule has 1 heterocycles. The van der Waals surface area contributed by atoms with Crippen LogP contribution < -0.4 is 5.73 Å². The van der Waals surface area contributed by atoms with E-state index < -0.39 is 0 Å². The molecule has 0 saturated heterocycles. The Bertz CT molecular complexity index is 257. The molecule has 0 aliphatic heterocycles. The lowest BCUT2D eigenvalue weighted by molar-refractivity contribution is 0.265. The van der Waals surface area contributed by atoms with Gasteiger partial charge in [-0.3, -0.25) is 4.68 Å². The molecule has 0 aliphatic rings. The largest absolute Gasteiger partial charge is 0.394 e. The van der Waals surface area contributed by atoms with Gasteiger partial charge in [0.2, 0.25) is 0 Å². The average molecular weight is 183 g/mol. The van der Waals surface area contributed by atoms with E-state index in [1.54, 1.807) is 0 Å². The minimum Gasteiger partial charge on any atom is -0.394 e. The van der Waals surface area contributed by atoms with Gasteiger partial charge in [0.15, 0.2) is 0 Å². The van der Waals surface area contributed by atoms with Crippen LogP contribution in [0.15, 0.2) is 12.3 Å². The first-order valence-corrected chi connectivity index (χ1v) is 4.53. The number of hydrogen-bond donors (Lipinski definition) is 2. The van der Waals surface area contributed by atoms with Crippen LogP contribution in [0, 0.1) is 5.92 Å². The third-order valence-corrected chi connectivity index (χ3v) is 1.79. The van der Waals surface area contributed by atoms with Gasteiger partial charge in [0, 0.05) is 12.7 Å². The maximum absolute atomic E-state index is 8.81. The zero-order valence-electron chi connectivity index (χ0n) is 8.14. The maximum atomic E-state index is 8.81. The molecular formula is C9H17N3O. The molecule has 0 saturated carbocycles. The monoisotopic (exact) mass is 183 g/mol. The minimum atomic E-state index is -0.353. The molecular weight excluding hydrogens is 166 g/mol. The van der Waals surface area contributed by atoms with Crippen molar-refractivity contribution in [2.24, 2.45) is 11.7 Å². The molecule has 0 spiro atoms. The molecule has 4 nitrogen and oxygen atoms in total. The van der Waals surface area contributed by atoms with Crippen molar-refractivity contribution in [1.29, 1.82) is 0 Å². The molecule has 0 bridgehead atoms. The van der Waals surface area contributed by atoms with E-state index in [4.69, 9.17) is 10.8 Å². The Morgan fingerprint density at radius 2 is 2.31 bits per heavy atom. The Morgan fingerprint density at radius 3 is 2.85 bits per heavy atom. The highest BCUT2D eigenvalue weighted by Crippen LogP contribution is 2.07. The number of rotatable bonds is 4. The van der Waals surface area contributed by atoms with E-state index in [1.165, 1.54) is 0 Å². The number of aromatic nitrogens is 2. The first kappa shape index (κ1) is 10.2. The quantitative estimate of drug-likeness (QED) is 0.715. The third kappa shape index (κ3) is 2.82. The molecule has 0 radical (unpaired) electrons. The fourth-order valence-electron chi connectivity index (χ4n) is 1.14. The molecule has 0 fully saturated rings. The normalized spacial score (nSPS) is 13.6. The Morgan fingerprint density at radius 1 is 1.62 bits per heavy atom. The fourth-order valence-corrected chi connectivity index (χ4v) is 1.14. The average Bonchev–Trinajstić information content (AvgIpc) is 2.50. The number of hydrogen-bond acceptors (Lipinski definition) is 3. The molecule has 1 aromatic rings. The van der Waals surface area contributed by atoms with Gasteiger partial charge in [0.25, 0.3) is 0 Å². The summed E-state index contributed by atoms with van der Waals surface area (Å²) in [5, 5.41) is 13.1. The first-order valence-electron chi connectivity index (χ1n) is 4.53. The topological polar surface area (TPSA) is 64.1 Å². The second-order valence-electron chi connectivity index (χ2n) is 3.65. The van der Waals surface area contributed by atoms with E-state index in [2.05, 4.69) is 18.9 Å². The zero-order valence-corrected chi connectivity index (χ0v) is 8.14. The molecule has 13 heavy (non-hydrogen) atoms. The number of aliphatic hydroxyl groups is 1. The predicted octanol–water partition coefficient (Wildman–Crippen LogP) is 0.531. The van der Waals surface area contributed by atoms with Crippen LogP contribution in [-0.2, 0) is 6.54 Å². The minimum absolute atomic E-state index is 0.0569.